The zero-order chi connectivity index (χ0) is 17.8. The van der Waals surface area contributed by atoms with Gasteiger partial charge in [-0.1, -0.05) is 41.4 Å². The van der Waals surface area contributed by atoms with Gasteiger partial charge in [-0.15, -0.1) is 0 Å². The van der Waals surface area contributed by atoms with Crippen LogP contribution in [0.4, 0.5) is 0 Å². The van der Waals surface area contributed by atoms with E-state index in [1.807, 2.05) is 23.1 Å². The Morgan fingerprint density at radius 3 is 2.52 bits per heavy atom. The van der Waals surface area contributed by atoms with Crippen molar-refractivity contribution in [3.63, 3.8) is 0 Å². The van der Waals surface area contributed by atoms with E-state index in [-0.39, 0.29) is 5.91 Å². The van der Waals surface area contributed by atoms with Crippen LogP contribution in [0.2, 0.25) is 10.0 Å². The maximum absolute atomic E-state index is 12.7. The molecule has 0 N–H and O–H groups in total. The molecule has 25 heavy (non-hydrogen) atoms. The molecular weight excluding hydrogens is 359 g/mol. The molecule has 1 saturated heterocycles. The van der Waals surface area contributed by atoms with E-state index in [2.05, 4.69) is 11.0 Å². The molecule has 0 spiro atoms. The molecule has 132 valence electrons. The van der Waals surface area contributed by atoms with Gasteiger partial charge >= 0.3 is 0 Å². The summed E-state index contributed by atoms with van der Waals surface area (Å²) in [4.78, 5) is 16.8. The summed E-state index contributed by atoms with van der Waals surface area (Å²) >= 11 is 12.2. The Hall–Kier alpha value is -1.75. The third kappa shape index (κ3) is 4.27. The molecule has 0 aromatic heterocycles. The van der Waals surface area contributed by atoms with Gasteiger partial charge < -0.3 is 9.64 Å². The summed E-state index contributed by atoms with van der Waals surface area (Å²) in [5.74, 6) is 0.801. The molecule has 1 aliphatic heterocycles. The van der Waals surface area contributed by atoms with Gasteiger partial charge in [0, 0.05) is 32.7 Å². The van der Waals surface area contributed by atoms with E-state index in [0.717, 1.165) is 25.4 Å². The van der Waals surface area contributed by atoms with Crippen molar-refractivity contribution < 1.29 is 9.53 Å². The predicted molar refractivity (Wildman–Crippen MR) is 101 cm³/mol. The number of benzene rings is 2. The van der Waals surface area contributed by atoms with Crippen LogP contribution in [0.3, 0.4) is 0 Å². The molecule has 1 heterocycles. The Kier molecular flexibility index (Phi) is 5.84. The lowest BCUT2D eigenvalue weighted by molar-refractivity contribution is 0.0628. The van der Waals surface area contributed by atoms with E-state index in [4.69, 9.17) is 27.9 Å². The second-order valence-corrected chi connectivity index (χ2v) is 6.81. The fourth-order valence-electron chi connectivity index (χ4n) is 2.98. The predicted octanol–water partition coefficient (Wildman–Crippen LogP) is 3.96. The molecule has 3 rings (SSSR count). The van der Waals surface area contributed by atoms with Crippen LogP contribution in [-0.2, 0) is 6.54 Å². The quantitative estimate of drug-likeness (QED) is 0.806. The molecule has 0 bridgehead atoms. The highest BCUT2D eigenvalue weighted by Crippen LogP contribution is 2.27. The highest BCUT2D eigenvalue weighted by Gasteiger charge is 2.24. The Morgan fingerprint density at radius 2 is 1.80 bits per heavy atom. The second-order valence-electron chi connectivity index (χ2n) is 6.02. The van der Waals surface area contributed by atoms with Gasteiger partial charge in [0.2, 0.25) is 0 Å². The van der Waals surface area contributed by atoms with Gasteiger partial charge in [-0.2, -0.15) is 0 Å². The van der Waals surface area contributed by atoms with Crippen LogP contribution in [0.25, 0.3) is 0 Å². The number of hydrogen-bond acceptors (Lipinski definition) is 3. The number of carbonyl (C=O) groups excluding carboxylic acids is 1. The lowest BCUT2D eigenvalue weighted by atomic mass is 10.1. The maximum atomic E-state index is 12.7. The highest BCUT2D eigenvalue weighted by molar-refractivity contribution is 6.43. The summed E-state index contributed by atoms with van der Waals surface area (Å²) in [5, 5.41) is 0.733. The van der Waals surface area contributed by atoms with E-state index in [1.54, 1.807) is 25.3 Å². The molecule has 2 aromatic rings. The fourth-order valence-corrected chi connectivity index (χ4v) is 3.36. The number of rotatable bonds is 4. The molecule has 0 atom stereocenters. The third-order valence-corrected chi connectivity index (χ3v) is 5.20. The van der Waals surface area contributed by atoms with Gasteiger partial charge in [0.25, 0.3) is 5.91 Å². The van der Waals surface area contributed by atoms with Crippen molar-refractivity contribution in [2.24, 2.45) is 0 Å². The summed E-state index contributed by atoms with van der Waals surface area (Å²) in [6, 6.07) is 13.2. The lowest BCUT2D eigenvalue weighted by Crippen LogP contribution is -2.48. The molecule has 0 radical (unpaired) electrons. The van der Waals surface area contributed by atoms with Gasteiger partial charge in [0.1, 0.15) is 5.75 Å². The zero-order valence-electron chi connectivity index (χ0n) is 14.0. The van der Waals surface area contributed by atoms with Gasteiger partial charge in [-0.25, -0.2) is 0 Å². The molecule has 2 aromatic carbocycles. The van der Waals surface area contributed by atoms with Crippen LogP contribution in [0.1, 0.15) is 15.9 Å². The standard InChI is InChI=1S/C19H20Cl2N2O2/c1-25-15-5-2-4-14(12-15)13-22-8-10-23(11-9-22)19(24)16-6-3-7-17(20)18(16)21/h2-7,12H,8-11,13H2,1H3. The number of amides is 1. The van der Waals surface area contributed by atoms with Crippen molar-refractivity contribution in [3.8, 4) is 5.75 Å². The van der Waals surface area contributed by atoms with E-state index < -0.39 is 0 Å². The van der Waals surface area contributed by atoms with Crippen molar-refractivity contribution in [1.29, 1.82) is 0 Å². The van der Waals surface area contributed by atoms with Crippen LogP contribution in [0.15, 0.2) is 42.5 Å². The summed E-state index contributed by atoms with van der Waals surface area (Å²) in [6.07, 6.45) is 0. The van der Waals surface area contributed by atoms with Crippen molar-refractivity contribution in [3.05, 3.63) is 63.6 Å². The summed E-state index contributed by atoms with van der Waals surface area (Å²) in [6.45, 7) is 3.83. The molecule has 1 amide bonds. The van der Waals surface area contributed by atoms with Crippen LogP contribution in [0, 0.1) is 0 Å². The Labute approximate surface area is 157 Å². The van der Waals surface area contributed by atoms with E-state index in [9.17, 15) is 4.79 Å². The highest BCUT2D eigenvalue weighted by atomic mass is 35.5. The smallest absolute Gasteiger partial charge is 0.255 e. The minimum Gasteiger partial charge on any atom is -0.497 e. The average Bonchev–Trinajstić information content (AvgIpc) is 2.64. The molecule has 4 nitrogen and oxygen atoms in total. The molecule has 0 aliphatic carbocycles. The summed E-state index contributed by atoms with van der Waals surface area (Å²) in [7, 11) is 1.67. The van der Waals surface area contributed by atoms with Crippen LogP contribution in [0.5, 0.6) is 5.75 Å². The maximum Gasteiger partial charge on any atom is 0.255 e. The third-order valence-electron chi connectivity index (χ3n) is 4.38. The number of nitrogens with zero attached hydrogens (tertiary/aromatic N) is 2. The van der Waals surface area contributed by atoms with Gasteiger partial charge in [0.15, 0.2) is 0 Å². The van der Waals surface area contributed by atoms with Gasteiger partial charge in [0.05, 0.1) is 22.7 Å². The number of ether oxygens (including phenoxy) is 1. The summed E-state index contributed by atoms with van der Waals surface area (Å²) < 4.78 is 5.27. The topological polar surface area (TPSA) is 32.8 Å². The summed E-state index contributed by atoms with van der Waals surface area (Å²) in [5.41, 5.74) is 1.67. The van der Waals surface area contributed by atoms with E-state index in [1.165, 1.54) is 5.56 Å². The van der Waals surface area contributed by atoms with Crippen molar-refractivity contribution in [1.82, 2.24) is 9.80 Å². The van der Waals surface area contributed by atoms with Crippen molar-refractivity contribution >= 4 is 29.1 Å². The number of carbonyl (C=O) groups is 1. The van der Waals surface area contributed by atoms with Crippen molar-refractivity contribution in [2.45, 2.75) is 6.54 Å². The van der Waals surface area contributed by atoms with Gasteiger partial charge in [-0.3, -0.25) is 9.69 Å². The normalized spacial score (nSPS) is 15.2. The van der Waals surface area contributed by atoms with Crippen LogP contribution >= 0.6 is 23.2 Å². The molecule has 1 aliphatic rings. The first-order valence-electron chi connectivity index (χ1n) is 8.17. The Morgan fingerprint density at radius 1 is 1.08 bits per heavy atom. The monoisotopic (exact) mass is 378 g/mol. The molecular formula is C19H20Cl2N2O2. The zero-order valence-corrected chi connectivity index (χ0v) is 15.6. The molecule has 0 unspecified atom stereocenters. The minimum atomic E-state index is -0.0615. The first kappa shape index (κ1) is 18.1. The number of methoxy groups -OCH3 is 1. The first-order valence-corrected chi connectivity index (χ1v) is 8.92. The van der Waals surface area contributed by atoms with Crippen LogP contribution in [-0.4, -0.2) is 49.0 Å². The van der Waals surface area contributed by atoms with Gasteiger partial charge in [-0.05, 0) is 29.8 Å². The number of piperazine rings is 1. The van der Waals surface area contributed by atoms with E-state index in [0.29, 0.717) is 28.7 Å². The lowest BCUT2D eigenvalue weighted by Gasteiger charge is -2.35. The molecule has 0 saturated carbocycles. The van der Waals surface area contributed by atoms with Crippen LogP contribution < -0.4 is 4.74 Å². The molecule has 1 fully saturated rings. The number of hydrogen-bond donors (Lipinski definition) is 0. The Balaban J connectivity index is 1.59. The Bertz CT molecular complexity index is 759. The SMILES string of the molecule is COc1cccc(CN2CCN(C(=O)c3cccc(Cl)c3Cl)CC2)c1. The second kappa shape index (κ2) is 8.09. The molecule has 6 heteroatoms. The average molecular weight is 379 g/mol. The number of halogens is 2. The van der Waals surface area contributed by atoms with E-state index >= 15 is 0 Å². The fraction of sp³-hybridized carbons (Fsp3) is 0.316. The largest absolute Gasteiger partial charge is 0.497 e. The van der Waals surface area contributed by atoms with Crippen molar-refractivity contribution in [2.75, 3.05) is 33.3 Å². The first-order chi connectivity index (χ1) is 12.1. The minimum absolute atomic E-state index is 0.0615.